The number of carbonyl (C=O) groups excluding carboxylic acids is 1. The fourth-order valence-electron chi connectivity index (χ4n) is 2.60. The Hall–Kier alpha value is -1.94. The first-order valence-corrected chi connectivity index (χ1v) is 8.70. The van der Waals surface area contributed by atoms with E-state index >= 15 is 0 Å². The fourth-order valence-corrected chi connectivity index (χ4v) is 2.80. The second-order valence-electron chi connectivity index (χ2n) is 5.58. The van der Waals surface area contributed by atoms with Crippen LogP contribution in [0.2, 0.25) is 0 Å². The minimum absolute atomic E-state index is 0.0723. The molecule has 1 fully saturated rings. The minimum Gasteiger partial charge on any atom is -0.480 e. The fraction of sp³-hybridized carbons (Fsp3) is 0.400. The molecule has 0 bridgehead atoms. The van der Waals surface area contributed by atoms with E-state index in [0.717, 1.165) is 0 Å². The van der Waals surface area contributed by atoms with Crippen LogP contribution in [0.4, 0.5) is 9.59 Å². The monoisotopic (exact) mass is 440 g/mol. The number of carboxylic acid groups (broad SMARTS) is 2. The first-order valence-electron chi connectivity index (χ1n) is 7.56. The molecule has 1 aliphatic heterocycles. The highest BCUT2D eigenvalue weighted by molar-refractivity contribution is 6.66. The molecule has 2 atom stereocenters. The summed E-state index contributed by atoms with van der Waals surface area (Å²) in [6.45, 7) is -0.382. The van der Waals surface area contributed by atoms with E-state index in [1.54, 1.807) is 30.3 Å². The zero-order chi connectivity index (χ0) is 20.2. The summed E-state index contributed by atoms with van der Waals surface area (Å²) in [7, 11) is 0. The Morgan fingerprint density at radius 1 is 1.19 bits per heavy atom. The van der Waals surface area contributed by atoms with Crippen molar-refractivity contribution in [1.82, 2.24) is 9.96 Å². The maximum absolute atomic E-state index is 12.3. The van der Waals surface area contributed by atoms with Crippen molar-refractivity contribution >= 4 is 53.0 Å². The topological polar surface area (TPSA) is 117 Å². The molecule has 1 saturated heterocycles. The quantitative estimate of drug-likeness (QED) is 0.532. The summed E-state index contributed by atoms with van der Waals surface area (Å²) >= 11 is 16.4. The number of hydroxylamine groups is 2. The number of carbonyl (C=O) groups is 3. The van der Waals surface area contributed by atoms with Gasteiger partial charge in [0.1, 0.15) is 12.6 Å². The molecule has 0 radical (unpaired) electrons. The van der Waals surface area contributed by atoms with Crippen LogP contribution in [0.3, 0.4) is 0 Å². The third-order valence-corrected chi connectivity index (χ3v) is 3.97. The molecule has 27 heavy (non-hydrogen) atoms. The lowest BCUT2D eigenvalue weighted by molar-refractivity contribution is -0.169. The molecule has 9 nitrogen and oxygen atoms in total. The van der Waals surface area contributed by atoms with E-state index in [1.807, 2.05) is 0 Å². The third-order valence-electron chi connectivity index (χ3n) is 3.74. The Bertz CT molecular complexity index is 676. The van der Waals surface area contributed by atoms with E-state index in [0.29, 0.717) is 15.5 Å². The highest BCUT2D eigenvalue weighted by atomic mass is 35.6. The van der Waals surface area contributed by atoms with Crippen LogP contribution in [0, 0.1) is 0 Å². The first kappa shape index (κ1) is 21.4. The van der Waals surface area contributed by atoms with Crippen molar-refractivity contribution in [2.75, 3.05) is 6.54 Å². The van der Waals surface area contributed by atoms with Gasteiger partial charge in [0.25, 0.3) is 0 Å². The van der Waals surface area contributed by atoms with Crippen molar-refractivity contribution in [3.63, 3.8) is 0 Å². The molecule has 1 aromatic rings. The Morgan fingerprint density at radius 2 is 1.81 bits per heavy atom. The number of amides is 2. The van der Waals surface area contributed by atoms with Gasteiger partial charge in [0.2, 0.25) is 0 Å². The zero-order valence-corrected chi connectivity index (χ0v) is 15.9. The summed E-state index contributed by atoms with van der Waals surface area (Å²) in [4.78, 5) is 41.1. The Labute approximate surface area is 168 Å². The van der Waals surface area contributed by atoms with Gasteiger partial charge in [-0.1, -0.05) is 30.3 Å². The van der Waals surface area contributed by atoms with Gasteiger partial charge in [0.05, 0.1) is 6.04 Å². The molecule has 2 N–H and O–H groups in total. The summed E-state index contributed by atoms with van der Waals surface area (Å²) in [5.74, 6) is -1.35. The van der Waals surface area contributed by atoms with Crippen LogP contribution in [0.1, 0.15) is 12.0 Å². The number of likely N-dealkylation sites (tertiary alicyclic amines) is 1. The highest BCUT2D eigenvalue weighted by Gasteiger charge is 2.45. The molecule has 0 aliphatic carbocycles. The molecule has 148 valence electrons. The van der Waals surface area contributed by atoms with Crippen LogP contribution in [0.5, 0.6) is 0 Å². The number of hydrogen-bond donors (Lipinski definition) is 2. The second-order valence-corrected chi connectivity index (χ2v) is 7.75. The summed E-state index contributed by atoms with van der Waals surface area (Å²) in [6.07, 6.45) is -2.85. The van der Waals surface area contributed by atoms with Crippen LogP contribution in [-0.2, 0) is 21.0 Å². The lowest BCUT2D eigenvalue weighted by Crippen LogP contribution is -2.44. The molecule has 1 aromatic carbocycles. The second kappa shape index (κ2) is 8.83. The summed E-state index contributed by atoms with van der Waals surface area (Å²) in [5, 5.41) is 19.1. The van der Waals surface area contributed by atoms with Crippen molar-refractivity contribution in [2.45, 2.75) is 29.1 Å². The average molecular weight is 442 g/mol. The van der Waals surface area contributed by atoms with E-state index in [-0.39, 0.29) is 19.6 Å². The predicted octanol–water partition coefficient (Wildman–Crippen LogP) is 3.09. The SMILES string of the molecule is O=C(O)[C@@H]1C[C@@H](N(OCc2ccccc2)C(=O)OC(Cl)(Cl)Cl)CN1C(=O)O. The van der Waals surface area contributed by atoms with Crippen LogP contribution < -0.4 is 0 Å². The Kier molecular flexibility index (Phi) is 6.99. The normalized spacial score (nSPS) is 19.6. The lowest BCUT2D eigenvalue weighted by Gasteiger charge is -2.28. The first-order chi connectivity index (χ1) is 12.6. The predicted molar refractivity (Wildman–Crippen MR) is 94.4 cm³/mol. The number of carboxylic acids is 1. The number of hydrogen-bond acceptors (Lipinski definition) is 5. The van der Waals surface area contributed by atoms with E-state index in [2.05, 4.69) is 4.74 Å². The van der Waals surface area contributed by atoms with Gasteiger partial charge in [0.15, 0.2) is 0 Å². The van der Waals surface area contributed by atoms with E-state index < -0.39 is 34.2 Å². The Balaban J connectivity index is 2.19. The van der Waals surface area contributed by atoms with E-state index in [1.165, 1.54) is 0 Å². The van der Waals surface area contributed by atoms with Gasteiger partial charge in [-0.2, -0.15) is 5.06 Å². The maximum Gasteiger partial charge on any atom is 0.437 e. The smallest absolute Gasteiger partial charge is 0.437 e. The van der Waals surface area contributed by atoms with Gasteiger partial charge in [-0.25, -0.2) is 14.4 Å². The van der Waals surface area contributed by atoms with Crippen LogP contribution in [-0.4, -0.2) is 60.9 Å². The van der Waals surface area contributed by atoms with Gasteiger partial charge >= 0.3 is 22.1 Å². The summed E-state index contributed by atoms with van der Waals surface area (Å²) in [6, 6.07) is 6.46. The van der Waals surface area contributed by atoms with Crippen molar-refractivity contribution in [3.05, 3.63) is 35.9 Å². The molecule has 2 amide bonds. The number of benzene rings is 1. The summed E-state index contributed by atoms with van der Waals surface area (Å²) in [5.41, 5.74) is 0.701. The van der Waals surface area contributed by atoms with Crippen LogP contribution >= 0.6 is 34.8 Å². The lowest BCUT2D eigenvalue weighted by atomic mass is 10.2. The number of halogens is 3. The Morgan fingerprint density at radius 3 is 2.30 bits per heavy atom. The molecular formula is C15H15Cl3N2O7. The average Bonchev–Trinajstić information content (AvgIpc) is 3.00. The van der Waals surface area contributed by atoms with Crippen molar-refractivity contribution in [3.8, 4) is 0 Å². The molecule has 0 saturated carbocycles. The molecule has 2 rings (SSSR count). The molecule has 1 aliphatic rings. The van der Waals surface area contributed by atoms with Gasteiger partial charge in [-0.05, 0) is 40.4 Å². The van der Waals surface area contributed by atoms with E-state index in [9.17, 15) is 24.6 Å². The molecule has 12 heteroatoms. The van der Waals surface area contributed by atoms with Gasteiger partial charge in [0, 0.05) is 13.0 Å². The van der Waals surface area contributed by atoms with E-state index in [4.69, 9.17) is 39.6 Å². The number of alkyl halides is 3. The number of ether oxygens (including phenoxy) is 1. The van der Waals surface area contributed by atoms with Gasteiger partial charge < -0.3 is 14.9 Å². The molecule has 0 spiro atoms. The minimum atomic E-state index is -2.37. The number of rotatable bonds is 5. The molecule has 1 heterocycles. The number of aliphatic carboxylic acids is 1. The van der Waals surface area contributed by atoms with Crippen LogP contribution in [0.25, 0.3) is 0 Å². The third kappa shape index (κ3) is 6.03. The van der Waals surface area contributed by atoms with Crippen molar-refractivity contribution in [1.29, 1.82) is 0 Å². The van der Waals surface area contributed by atoms with Crippen molar-refractivity contribution < 1.29 is 34.2 Å². The summed E-state index contributed by atoms with van der Waals surface area (Å²) < 4.78 is 2.26. The largest absolute Gasteiger partial charge is 0.480 e. The standard InChI is InChI=1S/C15H15Cl3N2O7/c16-15(17,18)27-14(25)20(26-8-9-4-2-1-3-5-9)10-6-11(12(21)22)19(7-10)13(23)24/h1-5,10-11H,6-8H2,(H,21,22)(H,23,24)/t10-,11+/m1/s1. The molecular weight excluding hydrogens is 427 g/mol. The highest BCUT2D eigenvalue weighted by Crippen LogP contribution is 2.30. The van der Waals surface area contributed by atoms with Crippen molar-refractivity contribution in [2.24, 2.45) is 0 Å². The zero-order valence-electron chi connectivity index (χ0n) is 13.6. The van der Waals surface area contributed by atoms with Gasteiger partial charge in [-0.15, -0.1) is 0 Å². The van der Waals surface area contributed by atoms with Gasteiger partial charge in [-0.3, -0.25) is 9.74 Å². The van der Waals surface area contributed by atoms with Crippen LogP contribution in [0.15, 0.2) is 30.3 Å². The number of nitrogens with zero attached hydrogens (tertiary/aromatic N) is 2. The molecule has 0 aromatic heterocycles. The molecule has 0 unspecified atom stereocenters. The maximum atomic E-state index is 12.3.